The van der Waals surface area contributed by atoms with Crippen molar-refractivity contribution in [2.24, 2.45) is 5.92 Å². The number of rotatable bonds is 7. The first-order chi connectivity index (χ1) is 10.2. The number of nitrogens with zero attached hydrogens (tertiary/aromatic N) is 3. The maximum atomic E-state index is 5.21. The summed E-state index contributed by atoms with van der Waals surface area (Å²) < 4.78 is 5.21. The van der Waals surface area contributed by atoms with E-state index in [1.165, 1.54) is 12.8 Å². The van der Waals surface area contributed by atoms with Crippen LogP contribution in [0.3, 0.4) is 0 Å². The van der Waals surface area contributed by atoms with Gasteiger partial charge < -0.3 is 15.0 Å². The zero-order valence-corrected chi connectivity index (χ0v) is 13.7. The van der Waals surface area contributed by atoms with Gasteiger partial charge >= 0.3 is 0 Å². The Balaban J connectivity index is 2.25. The molecule has 0 radical (unpaired) electrons. The van der Waals surface area contributed by atoms with Crippen molar-refractivity contribution in [3.05, 3.63) is 11.9 Å². The van der Waals surface area contributed by atoms with Crippen molar-refractivity contribution in [1.29, 1.82) is 0 Å². The van der Waals surface area contributed by atoms with Crippen molar-refractivity contribution < 1.29 is 4.74 Å². The smallest absolute Gasteiger partial charge is 0.158 e. The van der Waals surface area contributed by atoms with E-state index in [0.29, 0.717) is 18.6 Å². The van der Waals surface area contributed by atoms with Gasteiger partial charge in [-0.2, -0.15) is 0 Å². The molecule has 1 atom stereocenters. The number of aromatic nitrogens is 2. The molecule has 0 spiro atoms. The number of hydrogen-bond acceptors (Lipinski definition) is 5. The summed E-state index contributed by atoms with van der Waals surface area (Å²) in [7, 11) is 1.68. The quantitative estimate of drug-likeness (QED) is 0.837. The zero-order chi connectivity index (χ0) is 15.2. The summed E-state index contributed by atoms with van der Waals surface area (Å²) in [6, 6.07) is 2.66. The van der Waals surface area contributed by atoms with Gasteiger partial charge in [-0.15, -0.1) is 0 Å². The van der Waals surface area contributed by atoms with E-state index in [2.05, 4.69) is 42.0 Å². The highest BCUT2D eigenvalue weighted by molar-refractivity contribution is 5.51. The summed E-state index contributed by atoms with van der Waals surface area (Å²) in [6.45, 7) is 9.19. The first-order valence-electron chi connectivity index (χ1n) is 8.03. The third kappa shape index (κ3) is 4.06. The summed E-state index contributed by atoms with van der Waals surface area (Å²) in [4.78, 5) is 11.7. The Kier molecular flexibility index (Phi) is 5.79. The normalized spacial score (nSPS) is 18.5. The molecule has 1 aliphatic heterocycles. The summed E-state index contributed by atoms with van der Waals surface area (Å²) in [6.07, 6.45) is 3.57. The lowest BCUT2D eigenvalue weighted by Gasteiger charge is -2.29. The lowest BCUT2D eigenvalue weighted by atomic mass is 10.0. The third-order valence-electron chi connectivity index (χ3n) is 3.95. The monoisotopic (exact) mass is 292 g/mol. The fourth-order valence-corrected chi connectivity index (χ4v) is 2.94. The standard InChI is InChI=1S/C16H28N4O/c1-5-8-17-14-10-16(19-15(18-14)11-21-4)20-9-6-7-13(20)12(2)3/h10,12-13H,5-9,11H2,1-4H3,(H,17,18,19). The number of hydrogen-bond donors (Lipinski definition) is 1. The summed E-state index contributed by atoms with van der Waals surface area (Å²) in [5.74, 6) is 3.33. The molecule has 2 heterocycles. The van der Waals surface area contributed by atoms with Crippen LogP contribution in [-0.2, 0) is 11.3 Å². The van der Waals surface area contributed by atoms with Gasteiger partial charge in [0.05, 0.1) is 0 Å². The third-order valence-corrected chi connectivity index (χ3v) is 3.95. The highest BCUT2D eigenvalue weighted by atomic mass is 16.5. The van der Waals surface area contributed by atoms with Crippen molar-refractivity contribution in [3.8, 4) is 0 Å². The number of anilines is 2. The van der Waals surface area contributed by atoms with Gasteiger partial charge in [-0.3, -0.25) is 0 Å². The summed E-state index contributed by atoms with van der Waals surface area (Å²) in [5, 5.41) is 3.37. The predicted octanol–water partition coefficient (Wildman–Crippen LogP) is 3.07. The minimum Gasteiger partial charge on any atom is -0.377 e. The van der Waals surface area contributed by atoms with E-state index >= 15 is 0 Å². The van der Waals surface area contributed by atoms with Crippen molar-refractivity contribution in [2.75, 3.05) is 30.4 Å². The second kappa shape index (κ2) is 7.59. The van der Waals surface area contributed by atoms with Crippen LogP contribution in [0, 0.1) is 5.92 Å². The van der Waals surface area contributed by atoms with Crippen molar-refractivity contribution >= 4 is 11.6 Å². The Bertz CT molecular complexity index is 450. The Hall–Kier alpha value is -1.36. The molecule has 5 heteroatoms. The summed E-state index contributed by atoms with van der Waals surface area (Å²) in [5.41, 5.74) is 0. The molecule has 1 unspecified atom stereocenters. The lowest BCUT2D eigenvalue weighted by Crippen LogP contribution is -2.34. The van der Waals surface area contributed by atoms with Crippen LogP contribution < -0.4 is 10.2 Å². The number of nitrogens with one attached hydrogen (secondary N) is 1. The lowest BCUT2D eigenvalue weighted by molar-refractivity contribution is 0.178. The van der Waals surface area contributed by atoms with Gasteiger partial charge in [0.2, 0.25) is 0 Å². The molecule has 118 valence electrons. The van der Waals surface area contributed by atoms with Crippen molar-refractivity contribution in [1.82, 2.24) is 9.97 Å². The van der Waals surface area contributed by atoms with E-state index in [1.807, 2.05) is 0 Å². The highest BCUT2D eigenvalue weighted by Crippen LogP contribution is 2.29. The van der Waals surface area contributed by atoms with E-state index in [1.54, 1.807) is 7.11 Å². The molecule has 1 fully saturated rings. The van der Waals surface area contributed by atoms with E-state index < -0.39 is 0 Å². The summed E-state index contributed by atoms with van der Waals surface area (Å²) >= 11 is 0. The zero-order valence-electron chi connectivity index (χ0n) is 13.7. The molecule has 5 nitrogen and oxygen atoms in total. The molecule has 0 saturated carbocycles. The van der Waals surface area contributed by atoms with Gasteiger partial charge in [-0.25, -0.2) is 9.97 Å². The molecule has 21 heavy (non-hydrogen) atoms. The Morgan fingerprint density at radius 2 is 2.24 bits per heavy atom. The SMILES string of the molecule is CCCNc1cc(N2CCCC2C(C)C)nc(COC)n1. The maximum Gasteiger partial charge on any atom is 0.158 e. The Morgan fingerprint density at radius 1 is 1.43 bits per heavy atom. The molecule has 2 rings (SSSR count). The first-order valence-corrected chi connectivity index (χ1v) is 8.03. The van der Waals surface area contributed by atoms with Crippen LogP contribution in [0.4, 0.5) is 11.6 Å². The van der Waals surface area contributed by atoms with Crippen LogP contribution in [0.5, 0.6) is 0 Å². The largest absolute Gasteiger partial charge is 0.377 e. The van der Waals surface area contributed by atoms with Crippen LogP contribution in [0.2, 0.25) is 0 Å². The minimum absolute atomic E-state index is 0.453. The molecule has 0 aromatic carbocycles. The highest BCUT2D eigenvalue weighted by Gasteiger charge is 2.28. The van der Waals surface area contributed by atoms with Crippen LogP contribution in [-0.4, -0.2) is 36.2 Å². The Labute approximate surface area is 128 Å². The molecule has 1 saturated heterocycles. The van der Waals surface area contributed by atoms with Gasteiger partial charge in [-0.1, -0.05) is 20.8 Å². The van der Waals surface area contributed by atoms with E-state index in [4.69, 9.17) is 9.72 Å². The minimum atomic E-state index is 0.453. The maximum absolute atomic E-state index is 5.21. The van der Waals surface area contributed by atoms with Crippen molar-refractivity contribution in [2.45, 2.75) is 52.7 Å². The van der Waals surface area contributed by atoms with Crippen molar-refractivity contribution in [3.63, 3.8) is 0 Å². The number of methoxy groups -OCH3 is 1. The first kappa shape index (κ1) is 16.0. The average molecular weight is 292 g/mol. The van der Waals surface area contributed by atoms with Crippen LogP contribution >= 0.6 is 0 Å². The van der Waals surface area contributed by atoms with Gasteiger partial charge in [-0.05, 0) is 25.2 Å². The molecule has 0 amide bonds. The molecule has 1 N–H and O–H groups in total. The van der Waals surface area contributed by atoms with Crippen LogP contribution in [0.1, 0.15) is 45.9 Å². The van der Waals surface area contributed by atoms with E-state index in [0.717, 1.165) is 37.0 Å². The molecule has 1 aromatic heterocycles. The number of ether oxygens (including phenoxy) is 1. The topological polar surface area (TPSA) is 50.3 Å². The molecule has 1 aromatic rings. The van der Waals surface area contributed by atoms with E-state index in [9.17, 15) is 0 Å². The second-order valence-corrected chi connectivity index (χ2v) is 6.03. The van der Waals surface area contributed by atoms with E-state index in [-0.39, 0.29) is 0 Å². The average Bonchev–Trinajstić information content (AvgIpc) is 2.95. The van der Waals surface area contributed by atoms with Crippen LogP contribution in [0.25, 0.3) is 0 Å². The molecule has 0 bridgehead atoms. The van der Waals surface area contributed by atoms with Gasteiger partial charge in [0.25, 0.3) is 0 Å². The molecular formula is C16H28N4O. The fourth-order valence-electron chi connectivity index (χ4n) is 2.94. The van der Waals surface area contributed by atoms with Crippen LogP contribution in [0.15, 0.2) is 6.07 Å². The molecule has 0 aliphatic carbocycles. The van der Waals surface area contributed by atoms with Gasteiger partial charge in [0, 0.05) is 32.3 Å². The Morgan fingerprint density at radius 3 is 2.90 bits per heavy atom. The predicted molar refractivity (Wildman–Crippen MR) is 86.7 cm³/mol. The molecular weight excluding hydrogens is 264 g/mol. The fraction of sp³-hybridized carbons (Fsp3) is 0.750. The molecule has 1 aliphatic rings. The second-order valence-electron chi connectivity index (χ2n) is 6.03. The van der Waals surface area contributed by atoms with Gasteiger partial charge in [0.15, 0.2) is 5.82 Å². The van der Waals surface area contributed by atoms with Gasteiger partial charge in [0.1, 0.15) is 18.2 Å².